The van der Waals surface area contributed by atoms with E-state index in [0.29, 0.717) is 0 Å². The summed E-state index contributed by atoms with van der Waals surface area (Å²) >= 11 is 0. The molecule has 0 saturated heterocycles. The summed E-state index contributed by atoms with van der Waals surface area (Å²) in [5, 5.41) is 0. The Hall–Kier alpha value is 2.92. The van der Waals surface area contributed by atoms with Crippen LogP contribution in [-0.4, -0.2) is 23.9 Å². The summed E-state index contributed by atoms with van der Waals surface area (Å²) in [6.07, 6.45) is 0. The van der Waals surface area contributed by atoms with E-state index in [4.69, 9.17) is 0 Å². The van der Waals surface area contributed by atoms with E-state index in [1.165, 1.54) is 0 Å². The molecule has 0 amide bonds. The van der Waals surface area contributed by atoms with Crippen molar-refractivity contribution in [3.8, 4) is 0 Å². The molecule has 0 bridgehead atoms. The molecule has 0 unspecified atom stereocenters. The molecular weight excluding hydrogens is 392 g/mol. The Morgan fingerprint density at radius 2 is 0.600 bits per heavy atom. The van der Waals surface area contributed by atoms with Gasteiger partial charge in [-0.1, -0.05) is 0 Å². The van der Waals surface area contributed by atoms with Crippen LogP contribution in [0.1, 0.15) is 0 Å². The third kappa shape index (κ3) is 19.7. The molecule has 0 aliphatic carbocycles. The molecule has 0 fully saturated rings. The zero-order valence-corrected chi connectivity index (χ0v) is 5.54. The summed E-state index contributed by atoms with van der Waals surface area (Å²) in [6, 6.07) is 0. The molecule has 41 valence electrons. The molecule has 0 rings (SSSR count). The third-order valence-electron chi connectivity index (χ3n) is 0. The molecule has 0 N–H and O–H groups in total. The molecule has 0 aromatic carbocycles. The fraction of sp³-hybridized carbons (Fsp3) is 0. The van der Waals surface area contributed by atoms with Crippen LogP contribution in [0.2, 0.25) is 0 Å². The summed E-state index contributed by atoms with van der Waals surface area (Å²) in [4.78, 5) is 0. The van der Waals surface area contributed by atoms with Crippen LogP contribution in [0.3, 0.4) is 0 Å². The first-order valence-electron chi connectivity index (χ1n) is 0. The molecule has 0 aliphatic rings. The van der Waals surface area contributed by atoms with E-state index in [0.717, 1.165) is 0 Å². The van der Waals surface area contributed by atoms with Gasteiger partial charge in [0.1, 0.15) is 0 Å². The fourth-order valence-corrected chi connectivity index (χ4v) is 0. The van der Waals surface area contributed by atoms with Gasteiger partial charge >= 0.3 is 61.2 Å². The number of halogens is 3. The maximum absolute atomic E-state index is 0. The van der Waals surface area contributed by atoms with Gasteiger partial charge < -0.3 is 37.2 Å². The van der Waals surface area contributed by atoms with Gasteiger partial charge in [-0.2, -0.15) is 0 Å². The topological polar surface area (TPSA) is 0 Å². The molecule has 0 heterocycles. The predicted octanol–water partition coefficient (Wildman–Crippen LogP) is -10.4. The van der Waals surface area contributed by atoms with Gasteiger partial charge in [0, 0.05) is 0 Å². The summed E-state index contributed by atoms with van der Waals surface area (Å²) in [6.45, 7) is 0. The van der Waals surface area contributed by atoms with E-state index in [1.807, 2.05) is 0 Å². The molecule has 5 heavy (non-hydrogen) atoms. The van der Waals surface area contributed by atoms with Gasteiger partial charge in [0.05, 0.1) is 0 Å². The van der Waals surface area contributed by atoms with Crippen molar-refractivity contribution < 1.29 is 74.5 Å². The number of rotatable bonds is 0. The minimum absolute atomic E-state index is 0. The van der Waals surface area contributed by atoms with Crippen molar-refractivity contribution in [2.45, 2.75) is 0 Å². The average molecular weight is 396 g/mol. The first kappa shape index (κ1) is 44.5. The third-order valence-corrected chi connectivity index (χ3v) is 0. The molecule has 0 spiro atoms. The van der Waals surface area contributed by atoms with Gasteiger partial charge in [-0.25, -0.2) is 0 Å². The van der Waals surface area contributed by atoms with Gasteiger partial charge in [-0.05, 0) is 0 Å². The fourth-order valence-electron chi connectivity index (χ4n) is 0. The van der Waals surface area contributed by atoms with E-state index in [9.17, 15) is 0 Å². The van der Waals surface area contributed by atoms with Gasteiger partial charge in [-0.15, -0.1) is 0 Å². The standard InChI is InChI=1S/3ClH.Er.Sn.4H/h3*1H;;;;;;/q;;;+3;;;;;/p-3. The van der Waals surface area contributed by atoms with Gasteiger partial charge in [0.2, 0.25) is 0 Å². The van der Waals surface area contributed by atoms with Crippen LogP contribution in [0.25, 0.3) is 0 Å². The first-order valence-corrected chi connectivity index (χ1v) is 0. The van der Waals surface area contributed by atoms with Crippen LogP contribution >= 0.6 is 0 Å². The molecule has 5 heteroatoms. The van der Waals surface area contributed by atoms with Crippen molar-refractivity contribution in [2.24, 2.45) is 0 Å². The normalized spacial score (nSPS) is 0. The van der Waals surface area contributed by atoms with E-state index in [-0.39, 0.29) is 98.4 Å². The van der Waals surface area contributed by atoms with Crippen molar-refractivity contribution in [1.82, 2.24) is 0 Å². The zero-order chi connectivity index (χ0) is 0. The zero-order valence-electron chi connectivity index (χ0n) is 1.42. The Morgan fingerprint density at radius 3 is 0.600 bits per heavy atom. The van der Waals surface area contributed by atoms with Crippen LogP contribution in [0, 0.1) is 37.3 Å². The molecule has 0 saturated carbocycles. The van der Waals surface area contributed by atoms with Gasteiger partial charge in [0.15, 0.2) is 0 Å². The minimum atomic E-state index is 0. The first-order chi connectivity index (χ1) is 0. The van der Waals surface area contributed by atoms with Gasteiger partial charge in [0.25, 0.3) is 0 Å². The Balaban J connectivity index is 0. The van der Waals surface area contributed by atoms with E-state index in [2.05, 4.69) is 0 Å². The summed E-state index contributed by atoms with van der Waals surface area (Å²) < 4.78 is 0. The van der Waals surface area contributed by atoms with Crippen LogP contribution in [0.5, 0.6) is 0 Å². The van der Waals surface area contributed by atoms with Crippen molar-refractivity contribution >= 4 is 23.9 Å². The van der Waals surface area contributed by atoms with Crippen LogP contribution in [0.15, 0.2) is 0 Å². The second-order valence-corrected chi connectivity index (χ2v) is 0. The van der Waals surface area contributed by atoms with E-state index >= 15 is 0 Å². The number of hydrogen-bond donors (Lipinski definition) is 0. The molecule has 0 atom stereocenters. The SMILES string of the molecule is [Cl-].[Cl-].[Cl-].[Er+3].[SnH4]. The molecule has 0 aromatic rings. The second kappa shape index (κ2) is 28.5. The predicted molar refractivity (Wildman–Crippen MR) is 11.3 cm³/mol. The van der Waals surface area contributed by atoms with Crippen molar-refractivity contribution in [1.29, 1.82) is 0 Å². The maximum atomic E-state index is 0. The van der Waals surface area contributed by atoms with Crippen molar-refractivity contribution in [3.63, 3.8) is 0 Å². The van der Waals surface area contributed by atoms with E-state index < -0.39 is 0 Å². The Morgan fingerprint density at radius 1 is 0.600 bits per heavy atom. The number of hydrogen-bond acceptors (Lipinski definition) is 0. The monoisotopic (exact) mass is 395 g/mol. The van der Waals surface area contributed by atoms with Crippen molar-refractivity contribution in [2.75, 3.05) is 0 Å². The molecular formula is H4Cl3ErSn. The van der Waals surface area contributed by atoms with Crippen molar-refractivity contribution in [3.05, 3.63) is 0 Å². The summed E-state index contributed by atoms with van der Waals surface area (Å²) in [5.74, 6) is 0. The van der Waals surface area contributed by atoms with Gasteiger partial charge in [-0.3, -0.25) is 0 Å². The Bertz CT molecular complexity index is 6.85. The van der Waals surface area contributed by atoms with Crippen LogP contribution in [0.4, 0.5) is 0 Å². The second-order valence-electron chi connectivity index (χ2n) is 0. The molecule has 0 nitrogen and oxygen atoms in total. The summed E-state index contributed by atoms with van der Waals surface area (Å²) in [5.41, 5.74) is 0. The van der Waals surface area contributed by atoms with E-state index in [1.54, 1.807) is 0 Å². The Labute approximate surface area is 96.6 Å². The molecule has 0 aliphatic heterocycles. The average Bonchev–Trinajstić information content (AvgIpc) is 0. The Kier molecular flexibility index (Phi) is 254. The van der Waals surface area contributed by atoms with Crippen LogP contribution < -0.4 is 37.2 Å². The molecule has 1 radical (unpaired) electrons. The van der Waals surface area contributed by atoms with Crippen LogP contribution in [-0.2, 0) is 0 Å². The quantitative estimate of drug-likeness (QED) is 0.357. The summed E-state index contributed by atoms with van der Waals surface area (Å²) in [7, 11) is 0. The molecule has 0 aromatic heterocycles.